The quantitative estimate of drug-likeness (QED) is 0.229. The molecule has 0 radical (unpaired) electrons. The minimum Gasteiger partial charge on any atom is -0.492 e. The number of carbonyl (C=O) groups is 1. The molecule has 14 heteroatoms. The van der Waals surface area contributed by atoms with Gasteiger partial charge in [0.05, 0.1) is 22.8 Å². The average molecular weight is 612 g/mol. The molecule has 226 valence electrons. The lowest BCUT2D eigenvalue weighted by Gasteiger charge is -2.29. The van der Waals surface area contributed by atoms with E-state index in [4.69, 9.17) is 9.47 Å². The average Bonchev–Trinajstić information content (AvgIpc) is 3.67. The standard InChI is InChI=1S/C27H28F7NO5S/c1-3-39-24(36)26(9-10-26)15-40-21-13-22-20(12-19(21)27(32,33)34)35(18-6-4-5-17(28)11-18)14-16(7-8-25(2,30)31)23(29)41(22,37)38/h4-6,11-13,16,23H,3,7-10,14-15H2,1-2H3/t16-,23+/m1/s1. The van der Waals surface area contributed by atoms with E-state index in [9.17, 15) is 39.6 Å². The van der Waals surface area contributed by atoms with E-state index in [-0.39, 0.29) is 25.1 Å². The summed E-state index contributed by atoms with van der Waals surface area (Å²) in [7, 11) is -5.06. The van der Waals surface area contributed by atoms with Gasteiger partial charge in [-0.2, -0.15) is 13.2 Å². The second-order valence-corrected chi connectivity index (χ2v) is 12.4. The summed E-state index contributed by atoms with van der Waals surface area (Å²) in [6.07, 6.45) is -6.05. The highest BCUT2D eigenvalue weighted by Crippen LogP contribution is 2.50. The van der Waals surface area contributed by atoms with Gasteiger partial charge in [0.25, 0.3) is 0 Å². The van der Waals surface area contributed by atoms with Crippen LogP contribution in [0.15, 0.2) is 41.3 Å². The number of alkyl halides is 6. The zero-order valence-corrected chi connectivity index (χ0v) is 22.9. The van der Waals surface area contributed by atoms with Crippen molar-refractivity contribution < 1.29 is 53.4 Å². The van der Waals surface area contributed by atoms with Gasteiger partial charge in [-0.05, 0) is 57.4 Å². The van der Waals surface area contributed by atoms with Crippen molar-refractivity contribution in [2.45, 2.75) is 62.0 Å². The van der Waals surface area contributed by atoms with Crippen molar-refractivity contribution in [3.63, 3.8) is 0 Å². The zero-order valence-electron chi connectivity index (χ0n) is 22.1. The van der Waals surface area contributed by atoms with Crippen LogP contribution < -0.4 is 9.64 Å². The van der Waals surface area contributed by atoms with Crippen molar-refractivity contribution >= 4 is 27.2 Å². The largest absolute Gasteiger partial charge is 0.492 e. The van der Waals surface area contributed by atoms with Gasteiger partial charge in [0.1, 0.15) is 23.6 Å². The first-order chi connectivity index (χ1) is 19.0. The van der Waals surface area contributed by atoms with E-state index >= 15 is 4.39 Å². The molecule has 1 aliphatic heterocycles. The summed E-state index contributed by atoms with van der Waals surface area (Å²) in [5.41, 5.74) is -6.10. The Hall–Kier alpha value is -3.03. The van der Waals surface area contributed by atoms with E-state index in [1.807, 2.05) is 0 Å². The Morgan fingerprint density at radius 3 is 2.37 bits per heavy atom. The third-order valence-electron chi connectivity index (χ3n) is 7.19. The molecule has 0 unspecified atom stereocenters. The van der Waals surface area contributed by atoms with E-state index in [1.165, 1.54) is 12.1 Å². The molecular weight excluding hydrogens is 583 g/mol. The topological polar surface area (TPSA) is 72.9 Å². The lowest BCUT2D eigenvalue weighted by molar-refractivity contribution is -0.151. The number of halogens is 7. The number of carbonyl (C=O) groups excluding carboxylic acids is 1. The zero-order chi connectivity index (χ0) is 30.4. The Labute approximate surface area is 232 Å². The van der Waals surface area contributed by atoms with E-state index in [2.05, 4.69) is 0 Å². The smallest absolute Gasteiger partial charge is 0.420 e. The summed E-state index contributed by atoms with van der Waals surface area (Å²) < 4.78 is 137. The molecule has 0 spiro atoms. The predicted octanol–water partition coefficient (Wildman–Crippen LogP) is 6.84. The predicted molar refractivity (Wildman–Crippen MR) is 134 cm³/mol. The maximum atomic E-state index is 15.7. The van der Waals surface area contributed by atoms with Crippen molar-refractivity contribution in [3.8, 4) is 5.75 Å². The highest BCUT2D eigenvalue weighted by Gasteiger charge is 2.53. The number of fused-ring (bicyclic) bond motifs is 1. The maximum absolute atomic E-state index is 15.7. The van der Waals surface area contributed by atoms with Crippen molar-refractivity contribution in [1.82, 2.24) is 0 Å². The summed E-state index contributed by atoms with van der Waals surface area (Å²) >= 11 is 0. The van der Waals surface area contributed by atoms with Gasteiger partial charge in [-0.1, -0.05) is 6.07 Å². The van der Waals surface area contributed by atoms with Crippen LogP contribution in [-0.2, 0) is 25.5 Å². The lowest BCUT2D eigenvalue weighted by atomic mass is 10.00. The SMILES string of the molecule is CCOC(=O)C1(COc2cc3c(cc2C(F)(F)F)N(c2cccc(F)c2)C[C@@H](CCC(C)(F)F)[C@@H](F)S3(=O)=O)CC1. The van der Waals surface area contributed by atoms with Gasteiger partial charge in [-0.15, -0.1) is 0 Å². The molecule has 2 atom stereocenters. The first-order valence-electron chi connectivity index (χ1n) is 12.8. The van der Waals surface area contributed by atoms with Crippen LogP contribution >= 0.6 is 0 Å². The number of ether oxygens (including phenoxy) is 2. The van der Waals surface area contributed by atoms with E-state index in [0.29, 0.717) is 19.1 Å². The molecule has 1 heterocycles. The summed E-state index contributed by atoms with van der Waals surface area (Å²) in [5, 5.41) is 0. The van der Waals surface area contributed by atoms with Gasteiger partial charge in [0, 0.05) is 30.6 Å². The molecule has 41 heavy (non-hydrogen) atoms. The molecule has 2 aromatic rings. The Morgan fingerprint density at radius 2 is 1.80 bits per heavy atom. The minimum atomic E-state index is -5.09. The molecule has 2 aliphatic rings. The summed E-state index contributed by atoms with van der Waals surface area (Å²) in [4.78, 5) is 12.4. The van der Waals surface area contributed by atoms with Crippen molar-refractivity contribution in [3.05, 3.63) is 47.8 Å². The molecular formula is C27H28F7NO5S. The second kappa shape index (κ2) is 11.0. The molecule has 0 amide bonds. The molecule has 1 aliphatic carbocycles. The van der Waals surface area contributed by atoms with Crippen LogP contribution in [0.3, 0.4) is 0 Å². The van der Waals surface area contributed by atoms with Crippen LogP contribution in [0.2, 0.25) is 0 Å². The summed E-state index contributed by atoms with van der Waals surface area (Å²) in [6, 6.07) is 5.44. The summed E-state index contributed by atoms with van der Waals surface area (Å²) in [5.74, 6) is -7.31. The molecule has 1 fully saturated rings. The molecule has 0 N–H and O–H groups in total. The number of anilines is 2. The Kier molecular flexibility index (Phi) is 8.29. The van der Waals surface area contributed by atoms with Crippen LogP contribution in [0.25, 0.3) is 0 Å². The van der Waals surface area contributed by atoms with Crippen molar-refractivity contribution in [2.75, 3.05) is 24.7 Å². The van der Waals surface area contributed by atoms with Gasteiger partial charge in [-0.3, -0.25) is 4.79 Å². The van der Waals surface area contributed by atoms with Crippen molar-refractivity contribution in [1.29, 1.82) is 0 Å². The lowest BCUT2D eigenvalue weighted by Crippen LogP contribution is -2.32. The normalized spacial score (nSPS) is 21.5. The second-order valence-electron chi connectivity index (χ2n) is 10.5. The third kappa shape index (κ3) is 6.57. The molecule has 0 saturated heterocycles. The van der Waals surface area contributed by atoms with Gasteiger partial charge in [-0.25, -0.2) is 26.0 Å². The van der Waals surface area contributed by atoms with E-state index < -0.39 is 98.4 Å². The summed E-state index contributed by atoms with van der Waals surface area (Å²) in [6.45, 7) is 0.989. The molecule has 4 rings (SSSR count). The van der Waals surface area contributed by atoms with Gasteiger partial charge in [0.15, 0.2) is 0 Å². The number of esters is 1. The molecule has 0 aromatic heterocycles. The molecule has 6 nitrogen and oxygen atoms in total. The van der Waals surface area contributed by atoms with Gasteiger partial charge < -0.3 is 14.4 Å². The molecule has 1 saturated carbocycles. The fraction of sp³-hybridized carbons (Fsp3) is 0.519. The first-order valence-corrected chi connectivity index (χ1v) is 14.4. The number of hydrogen-bond donors (Lipinski definition) is 0. The Balaban J connectivity index is 1.86. The van der Waals surface area contributed by atoms with E-state index in [1.54, 1.807) is 6.92 Å². The first kappa shape index (κ1) is 30.9. The number of nitrogens with zero attached hydrogens (tertiary/aromatic N) is 1. The fourth-order valence-electron chi connectivity index (χ4n) is 4.73. The van der Waals surface area contributed by atoms with Crippen LogP contribution in [0, 0.1) is 17.2 Å². The Morgan fingerprint density at radius 1 is 1.12 bits per heavy atom. The number of rotatable bonds is 9. The van der Waals surface area contributed by atoms with Crippen LogP contribution in [0.5, 0.6) is 5.75 Å². The molecule has 2 aromatic carbocycles. The highest BCUT2D eigenvalue weighted by atomic mass is 32.2. The fourth-order valence-corrected chi connectivity index (χ4v) is 6.43. The maximum Gasteiger partial charge on any atom is 0.420 e. The monoisotopic (exact) mass is 611 g/mol. The Bertz CT molecular complexity index is 1400. The van der Waals surface area contributed by atoms with Gasteiger partial charge >= 0.3 is 12.1 Å². The molecule has 0 bridgehead atoms. The number of sulfone groups is 1. The van der Waals surface area contributed by atoms with Crippen molar-refractivity contribution in [2.24, 2.45) is 11.3 Å². The van der Waals surface area contributed by atoms with Gasteiger partial charge in [0.2, 0.25) is 21.3 Å². The van der Waals surface area contributed by atoms with Crippen LogP contribution in [0.1, 0.15) is 45.1 Å². The number of hydrogen-bond acceptors (Lipinski definition) is 6. The highest BCUT2D eigenvalue weighted by molar-refractivity contribution is 7.92. The number of benzene rings is 2. The third-order valence-corrected chi connectivity index (χ3v) is 9.11. The minimum absolute atomic E-state index is 0.0321. The van der Waals surface area contributed by atoms with E-state index in [0.717, 1.165) is 17.0 Å². The van der Waals surface area contributed by atoms with Crippen LogP contribution in [-0.4, -0.2) is 45.6 Å². The van der Waals surface area contributed by atoms with Crippen LogP contribution in [0.4, 0.5) is 42.1 Å².